The van der Waals surface area contributed by atoms with E-state index in [4.69, 9.17) is 0 Å². The second-order valence-electron chi connectivity index (χ2n) is 9.66. The van der Waals surface area contributed by atoms with Gasteiger partial charge in [-0.3, -0.25) is 14.4 Å². The van der Waals surface area contributed by atoms with E-state index in [0.717, 1.165) is 31.2 Å². The third-order valence-electron chi connectivity index (χ3n) is 6.55. The summed E-state index contributed by atoms with van der Waals surface area (Å²) in [5, 5.41) is 5.96. The molecule has 1 aromatic carbocycles. The summed E-state index contributed by atoms with van der Waals surface area (Å²) in [6, 6.07) is 9.45. The lowest BCUT2D eigenvalue weighted by molar-refractivity contribution is -0.146. The van der Waals surface area contributed by atoms with Crippen molar-refractivity contribution >= 4 is 17.7 Å². The molecule has 3 atom stereocenters. The number of rotatable bonds is 4. The van der Waals surface area contributed by atoms with Crippen LogP contribution in [0.15, 0.2) is 30.3 Å². The molecule has 2 aliphatic rings. The second-order valence-corrected chi connectivity index (χ2v) is 9.66. The Labute approximate surface area is 179 Å². The maximum atomic E-state index is 13.5. The van der Waals surface area contributed by atoms with Gasteiger partial charge in [-0.1, -0.05) is 63.9 Å². The van der Waals surface area contributed by atoms with Crippen LogP contribution in [0, 0.1) is 5.41 Å². The highest BCUT2D eigenvalue weighted by atomic mass is 16.2. The zero-order valence-corrected chi connectivity index (χ0v) is 18.7. The summed E-state index contributed by atoms with van der Waals surface area (Å²) in [6.07, 6.45) is 4.77. The maximum Gasteiger partial charge on any atom is 0.246 e. The molecule has 30 heavy (non-hydrogen) atoms. The van der Waals surface area contributed by atoms with Gasteiger partial charge >= 0.3 is 0 Å². The van der Waals surface area contributed by atoms with Crippen molar-refractivity contribution in [2.75, 3.05) is 13.6 Å². The molecule has 0 bridgehead atoms. The molecule has 1 aliphatic heterocycles. The molecule has 1 aliphatic carbocycles. The van der Waals surface area contributed by atoms with E-state index in [0.29, 0.717) is 19.4 Å². The van der Waals surface area contributed by atoms with E-state index >= 15 is 0 Å². The van der Waals surface area contributed by atoms with Gasteiger partial charge in [-0.05, 0) is 31.2 Å². The maximum absolute atomic E-state index is 13.5. The molecule has 3 rings (SSSR count). The average molecular weight is 414 g/mol. The minimum absolute atomic E-state index is 0.0163. The molecule has 1 heterocycles. The fourth-order valence-electron chi connectivity index (χ4n) is 5.03. The predicted octanol–water partition coefficient (Wildman–Crippen LogP) is 2.98. The minimum Gasteiger partial charge on any atom is -0.357 e. The molecule has 0 spiro atoms. The van der Waals surface area contributed by atoms with Crippen LogP contribution < -0.4 is 10.6 Å². The van der Waals surface area contributed by atoms with Gasteiger partial charge in [-0.15, -0.1) is 0 Å². The van der Waals surface area contributed by atoms with Crippen LogP contribution in [0.1, 0.15) is 70.8 Å². The van der Waals surface area contributed by atoms with Crippen molar-refractivity contribution in [1.82, 2.24) is 15.5 Å². The molecule has 0 unspecified atom stereocenters. The van der Waals surface area contributed by atoms with Crippen LogP contribution in [-0.4, -0.2) is 47.8 Å². The number of nitrogens with zero attached hydrogens (tertiary/aromatic N) is 1. The largest absolute Gasteiger partial charge is 0.357 e. The molecule has 6 nitrogen and oxygen atoms in total. The van der Waals surface area contributed by atoms with Crippen LogP contribution in [0.2, 0.25) is 0 Å². The molecule has 164 valence electrons. The van der Waals surface area contributed by atoms with Gasteiger partial charge in [0.2, 0.25) is 17.7 Å². The van der Waals surface area contributed by atoms with Crippen molar-refractivity contribution in [3.63, 3.8) is 0 Å². The average Bonchev–Trinajstić information content (AvgIpc) is 3.22. The quantitative estimate of drug-likeness (QED) is 0.797. The van der Waals surface area contributed by atoms with E-state index in [1.807, 2.05) is 51.1 Å². The molecule has 1 saturated carbocycles. The number of nitrogens with one attached hydrogen (secondary N) is 2. The highest BCUT2D eigenvalue weighted by molar-refractivity contribution is 5.96. The molecule has 3 amide bonds. The van der Waals surface area contributed by atoms with E-state index in [2.05, 4.69) is 10.6 Å². The topological polar surface area (TPSA) is 78.5 Å². The first-order valence-corrected chi connectivity index (χ1v) is 11.1. The fourth-order valence-corrected chi connectivity index (χ4v) is 5.03. The normalized spacial score (nSPS) is 26.9. The number of likely N-dealkylation sites (N-methyl/N-ethyl adjacent to an activating group) is 1. The monoisotopic (exact) mass is 413 g/mol. The van der Waals surface area contributed by atoms with Crippen molar-refractivity contribution < 1.29 is 14.4 Å². The Morgan fingerprint density at radius 1 is 1.03 bits per heavy atom. The van der Waals surface area contributed by atoms with Gasteiger partial charge in [0, 0.05) is 24.9 Å². The van der Waals surface area contributed by atoms with E-state index < -0.39 is 17.0 Å². The Kier molecular flexibility index (Phi) is 6.53. The van der Waals surface area contributed by atoms with Gasteiger partial charge in [0.1, 0.15) is 11.6 Å². The van der Waals surface area contributed by atoms with Gasteiger partial charge in [-0.25, -0.2) is 0 Å². The molecular formula is C24H35N3O3. The van der Waals surface area contributed by atoms with Crippen molar-refractivity contribution in [2.45, 2.75) is 76.8 Å². The highest BCUT2D eigenvalue weighted by Crippen LogP contribution is 2.41. The van der Waals surface area contributed by atoms with Crippen LogP contribution in [-0.2, 0) is 14.4 Å². The Morgan fingerprint density at radius 3 is 2.37 bits per heavy atom. The molecule has 0 aromatic heterocycles. The summed E-state index contributed by atoms with van der Waals surface area (Å²) >= 11 is 0. The molecule has 1 saturated heterocycles. The Morgan fingerprint density at radius 2 is 1.73 bits per heavy atom. The van der Waals surface area contributed by atoms with Crippen LogP contribution in [0.5, 0.6) is 0 Å². The predicted molar refractivity (Wildman–Crippen MR) is 117 cm³/mol. The number of hydrogen-bond donors (Lipinski definition) is 2. The van der Waals surface area contributed by atoms with Crippen molar-refractivity contribution in [1.29, 1.82) is 0 Å². The fraction of sp³-hybridized carbons (Fsp3) is 0.625. The van der Waals surface area contributed by atoms with Crippen molar-refractivity contribution in [3.8, 4) is 0 Å². The second kappa shape index (κ2) is 8.78. The zero-order valence-electron chi connectivity index (χ0n) is 18.7. The summed E-state index contributed by atoms with van der Waals surface area (Å²) in [7, 11) is 1.62. The number of carbonyl (C=O) groups excluding carboxylic acids is 3. The molecule has 2 N–H and O–H groups in total. The van der Waals surface area contributed by atoms with E-state index in [9.17, 15) is 14.4 Å². The van der Waals surface area contributed by atoms with E-state index in [1.54, 1.807) is 11.9 Å². The lowest BCUT2D eigenvalue weighted by atomic mass is 9.68. The lowest BCUT2D eigenvalue weighted by Crippen LogP contribution is -2.65. The highest BCUT2D eigenvalue weighted by Gasteiger charge is 2.50. The zero-order chi connectivity index (χ0) is 21.9. The minimum atomic E-state index is -0.996. The van der Waals surface area contributed by atoms with E-state index in [-0.39, 0.29) is 23.6 Å². The summed E-state index contributed by atoms with van der Waals surface area (Å²) in [5.74, 6) is -0.477. The first kappa shape index (κ1) is 22.3. The van der Waals surface area contributed by atoms with E-state index in [1.165, 1.54) is 0 Å². The van der Waals surface area contributed by atoms with Gasteiger partial charge < -0.3 is 15.5 Å². The first-order chi connectivity index (χ1) is 14.2. The SMILES string of the molecule is CNC(=O)[C@]1(NC(=O)[C@@H]2CCCN2C(=O)C(C)(C)C)CCCC[C@@H]1c1ccccc1. The Hall–Kier alpha value is -2.37. The number of likely N-dealkylation sites (tertiary alicyclic amines) is 1. The van der Waals surface area contributed by atoms with Gasteiger partial charge in [0.25, 0.3) is 0 Å². The van der Waals surface area contributed by atoms with Crippen LogP contribution >= 0.6 is 0 Å². The summed E-state index contributed by atoms with van der Waals surface area (Å²) in [6.45, 7) is 6.22. The standard InChI is InChI=1S/C24H35N3O3/c1-23(2,3)22(30)27-16-10-14-19(27)20(28)26-24(21(29)25-4)15-9-8-13-18(24)17-11-6-5-7-12-17/h5-7,11-12,18-19H,8-10,13-16H2,1-4H3,(H,25,29)(H,26,28)/t18-,19+,24+/m1/s1. The summed E-state index contributed by atoms with van der Waals surface area (Å²) in [5.41, 5.74) is -0.474. The van der Waals surface area contributed by atoms with Crippen LogP contribution in [0.25, 0.3) is 0 Å². The Balaban J connectivity index is 1.91. The van der Waals surface area contributed by atoms with Crippen molar-refractivity contribution in [2.24, 2.45) is 5.41 Å². The summed E-state index contributed by atoms with van der Waals surface area (Å²) < 4.78 is 0. The lowest BCUT2D eigenvalue weighted by Gasteiger charge is -2.44. The third-order valence-corrected chi connectivity index (χ3v) is 6.55. The number of carbonyl (C=O) groups is 3. The molecule has 1 aromatic rings. The smallest absolute Gasteiger partial charge is 0.246 e. The molecular weight excluding hydrogens is 378 g/mol. The number of hydrogen-bond acceptors (Lipinski definition) is 3. The van der Waals surface area contributed by atoms with Crippen LogP contribution in [0.3, 0.4) is 0 Å². The van der Waals surface area contributed by atoms with Crippen molar-refractivity contribution in [3.05, 3.63) is 35.9 Å². The molecule has 6 heteroatoms. The summed E-state index contributed by atoms with van der Waals surface area (Å²) in [4.78, 5) is 41.3. The Bertz CT molecular complexity index is 787. The molecule has 0 radical (unpaired) electrons. The van der Waals surface area contributed by atoms with Gasteiger partial charge in [-0.2, -0.15) is 0 Å². The number of benzene rings is 1. The first-order valence-electron chi connectivity index (χ1n) is 11.1. The molecule has 2 fully saturated rings. The number of amides is 3. The van der Waals surface area contributed by atoms with Crippen LogP contribution in [0.4, 0.5) is 0 Å². The third kappa shape index (κ3) is 4.23. The van der Waals surface area contributed by atoms with Gasteiger partial charge in [0.05, 0.1) is 0 Å². The van der Waals surface area contributed by atoms with Gasteiger partial charge in [0.15, 0.2) is 0 Å².